The van der Waals surface area contributed by atoms with E-state index in [1.165, 1.54) is 39.0 Å². The number of benzene rings is 7. The number of hydrogen-bond acceptors (Lipinski definition) is 3. The maximum Gasteiger partial charge on any atom is 0.147 e. The Morgan fingerprint density at radius 2 is 1.04 bits per heavy atom. The SMILES string of the molecule is C1=Cc2c(n(-c3ccccc3)c3ccc(-c4ccc5oc6c(ccc7oc8ccc(-c9ccc%10oc%11ccccc%11c%10c9)cc8c76)c5c4)cc23)CC1. The molecule has 12 rings (SSSR count). The van der Waals surface area contributed by atoms with Crippen molar-refractivity contribution in [1.29, 1.82) is 0 Å². The Bertz CT molecular complexity index is 3290. The van der Waals surface area contributed by atoms with Gasteiger partial charge in [0, 0.05) is 49.3 Å². The smallest absolute Gasteiger partial charge is 0.147 e. The summed E-state index contributed by atoms with van der Waals surface area (Å²) in [7, 11) is 0. The van der Waals surface area contributed by atoms with E-state index in [9.17, 15) is 0 Å². The van der Waals surface area contributed by atoms with Crippen molar-refractivity contribution in [1.82, 2.24) is 4.57 Å². The van der Waals surface area contributed by atoms with Crippen LogP contribution in [0.25, 0.3) is 111 Å². The fraction of sp³-hybridized carbons (Fsp3) is 0.0417. The largest absolute Gasteiger partial charge is 0.456 e. The van der Waals surface area contributed by atoms with Gasteiger partial charge in [0.2, 0.25) is 0 Å². The van der Waals surface area contributed by atoms with Gasteiger partial charge in [0.25, 0.3) is 0 Å². The van der Waals surface area contributed by atoms with Gasteiger partial charge in [0.15, 0.2) is 0 Å². The quantitative estimate of drug-likeness (QED) is 0.188. The Labute approximate surface area is 297 Å². The summed E-state index contributed by atoms with van der Waals surface area (Å²) in [6.07, 6.45) is 6.71. The summed E-state index contributed by atoms with van der Waals surface area (Å²) in [6, 6.07) is 49.5. The van der Waals surface area contributed by atoms with Crippen molar-refractivity contribution in [2.75, 3.05) is 0 Å². The molecule has 0 fully saturated rings. The molecule has 7 aromatic carbocycles. The highest BCUT2D eigenvalue weighted by Gasteiger charge is 2.21. The van der Waals surface area contributed by atoms with E-state index in [2.05, 4.69) is 144 Å². The van der Waals surface area contributed by atoms with E-state index in [1.807, 2.05) is 12.1 Å². The number of para-hydroxylation sites is 2. The molecule has 244 valence electrons. The molecule has 0 saturated heterocycles. The zero-order valence-electron chi connectivity index (χ0n) is 28.0. The minimum atomic E-state index is 0.821. The summed E-state index contributed by atoms with van der Waals surface area (Å²) in [5.74, 6) is 0. The molecule has 0 radical (unpaired) electrons. The summed E-state index contributed by atoms with van der Waals surface area (Å²) in [5, 5.41) is 7.75. The van der Waals surface area contributed by atoms with E-state index in [4.69, 9.17) is 13.3 Å². The maximum atomic E-state index is 6.68. The highest BCUT2D eigenvalue weighted by Crippen LogP contribution is 2.43. The third-order valence-electron chi connectivity index (χ3n) is 11.1. The predicted octanol–water partition coefficient (Wildman–Crippen LogP) is 13.6. The monoisotopic (exact) mass is 667 g/mol. The minimum absolute atomic E-state index is 0.821. The second kappa shape index (κ2) is 10.4. The lowest BCUT2D eigenvalue weighted by atomic mass is 9.98. The van der Waals surface area contributed by atoms with E-state index < -0.39 is 0 Å². The van der Waals surface area contributed by atoms with Crippen LogP contribution in [0.1, 0.15) is 17.7 Å². The van der Waals surface area contributed by atoms with Crippen LogP contribution in [0.5, 0.6) is 0 Å². The number of furan rings is 3. The van der Waals surface area contributed by atoms with Crippen LogP contribution in [0, 0.1) is 0 Å². The lowest BCUT2D eigenvalue weighted by Crippen LogP contribution is -2.02. The normalized spacial score (nSPS) is 13.2. The number of aromatic nitrogens is 1. The van der Waals surface area contributed by atoms with Gasteiger partial charge in [-0.3, -0.25) is 0 Å². The van der Waals surface area contributed by atoms with E-state index >= 15 is 0 Å². The Morgan fingerprint density at radius 1 is 0.442 bits per heavy atom. The molecular weight excluding hydrogens is 639 g/mol. The van der Waals surface area contributed by atoms with E-state index in [0.717, 1.165) is 89.8 Å². The molecule has 0 amide bonds. The molecule has 4 heterocycles. The minimum Gasteiger partial charge on any atom is -0.456 e. The van der Waals surface area contributed by atoms with Crippen molar-refractivity contribution in [2.45, 2.75) is 12.8 Å². The van der Waals surface area contributed by atoms with Crippen LogP contribution in [0.2, 0.25) is 0 Å². The van der Waals surface area contributed by atoms with Crippen molar-refractivity contribution in [3.05, 3.63) is 157 Å². The van der Waals surface area contributed by atoms with Gasteiger partial charge < -0.3 is 17.8 Å². The molecule has 0 aliphatic heterocycles. The highest BCUT2D eigenvalue weighted by atomic mass is 16.3. The van der Waals surface area contributed by atoms with Gasteiger partial charge in [-0.2, -0.15) is 0 Å². The molecular formula is C48H29NO3. The van der Waals surface area contributed by atoms with Gasteiger partial charge in [-0.15, -0.1) is 0 Å². The maximum absolute atomic E-state index is 6.68. The first-order valence-electron chi connectivity index (χ1n) is 17.9. The Hall–Kier alpha value is -6.78. The molecule has 11 aromatic rings. The first-order valence-corrected chi connectivity index (χ1v) is 17.9. The average Bonchev–Trinajstić information content (AvgIpc) is 3.95. The summed E-state index contributed by atoms with van der Waals surface area (Å²) in [4.78, 5) is 0. The summed E-state index contributed by atoms with van der Waals surface area (Å²) >= 11 is 0. The third-order valence-corrected chi connectivity index (χ3v) is 11.1. The lowest BCUT2D eigenvalue weighted by Gasteiger charge is -2.13. The lowest BCUT2D eigenvalue weighted by molar-refractivity contribution is 0.662. The number of fused-ring (bicyclic) bond motifs is 13. The van der Waals surface area contributed by atoms with E-state index in [-0.39, 0.29) is 0 Å². The van der Waals surface area contributed by atoms with Crippen LogP contribution in [-0.4, -0.2) is 4.57 Å². The molecule has 4 nitrogen and oxygen atoms in total. The van der Waals surface area contributed by atoms with Gasteiger partial charge in [-0.1, -0.05) is 72.8 Å². The molecule has 1 aliphatic rings. The van der Waals surface area contributed by atoms with Crippen molar-refractivity contribution in [3.8, 4) is 27.9 Å². The molecule has 0 unspecified atom stereocenters. The summed E-state index contributed by atoms with van der Waals surface area (Å²) < 4.78 is 21.6. The van der Waals surface area contributed by atoms with Gasteiger partial charge in [0.1, 0.15) is 33.5 Å². The summed E-state index contributed by atoms with van der Waals surface area (Å²) in [5.41, 5.74) is 14.9. The van der Waals surface area contributed by atoms with Crippen LogP contribution >= 0.6 is 0 Å². The molecule has 0 atom stereocenters. The summed E-state index contributed by atoms with van der Waals surface area (Å²) in [6.45, 7) is 0. The zero-order valence-corrected chi connectivity index (χ0v) is 28.0. The van der Waals surface area contributed by atoms with Crippen molar-refractivity contribution in [3.63, 3.8) is 0 Å². The molecule has 52 heavy (non-hydrogen) atoms. The van der Waals surface area contributed by atoms with Crippen molar-refractivity contribution < 1.29 is 13.3 Å². The predicted molar refractivity (Wildman–Crippen MR) is 213 cm³/mol. The Balaban J connectivity index is 1.00. The van der Waals surface area contributed by atoms with Crippen LogP contribution in [0.4, 0.5) is 0 Å². The van der Waals surface area contributed by atoms with Crippen molar-refractivity contribution >= 4 is 82.8 Å². The highest BCUT2D eigenvalue weighted by molar-refractivity contribution is 6.22. The van der Waals surface area contributed by atoms with E-state index in [0.29, 0.717) is 0 Å². The fourth-order valence-electron chi connectivity index (χ4n) is 8.63. The molecule has 1 aliphatic carbocycles. The Morgan fingerprint density at radius 3 is 1.85 bits per heavy atom. The number of hydrogen-bond donors (Lipinski definition) is 0. The fourth-order valence-corrected chi connectivity index (χ4v) is 8.63. The molecule has 0 spiro atoms. The molecule has 4 aromatic heterocycles. The van der Waals surface area contributed by atoms with Crippen LogP contribution in [0.15, 0.2) is 159 Å². The number of allylic oxidation sites excluding steroid dienone is 1. The number of nitrogens with zero attached hydrogens (tertiary/aromatic N) is 1. The molecule has 0 saturated carbocycles. The average molecular weight is 668 g/mol. The standard InChI is InChI=1S/C48H29NO3/c1-2-8-32(9-3-1)49-40-12-6-4-10-33(40)36-24-28(14-19-41(36)49)30-16-21-44-38(26-30)35-18-23-46-47(48(35)52-44)39-27-31(17-22-45(39)51-46)29-15-20-43-37(25-29)34-11-5-7-13-42(34)50-43/h1-5,7-11,13-27H,6,12H2. The molecule has 0 N–H and O–H groups in total. The van der Waals surface area contributed by atoms with Crippen LogP contribution < -0.4 is 0 Å². The second-order valence-electron chi connectivity index (χ2n) is 14.0. The van der Waals surface area contributed by atoms with Crippen LogP contribution in [-0.2, 0) is 6.42 Å². The van der Waals surface area contributed by atoms with Crippen molar-refractivity contribution in [2.24, 2.45) is 0 Å². The van der Waals surface area contributed by atoms with Crippen LogP contribution in [0.3, 0.4) is 0 Å². The van der Waals surface area contributed by atoms with Gasteiger partial charge in [0.05, 0.1) is 10.9 Å². The topological polar surface area (TPSA) is 44.4 Å². The van der Waals surface area contributed by atoms with Gasteiger partial charge in [-0.25, -0.2) is 0 Å². The van der Waals surface area contributed by atoms with Gasteiger partial charge in [-0.05, 0) is 114 Å². The zero-order chi connectivity index (χ0) is 33.9. The molecule has 0 bridgehead atoms. The van der Waals surface area contributed by atoms with Gasteiger partial charge >= 0.3 is 0 Å². The van der Waals surface area contributed by atoms with E-state index in [1.54, 1.807) is 0 Å². The Kier molecular flexibility index (Phi) is 5.58. The third kappa shape index (κ3) is 3.92. The second-order valence-corrected chi connectivity index (χ2v) is 14.0. The first-order chi connectivity index (χ1) is 25.7. The molecule has 4 heteroatoms. The first kappa shape index (κ1) is 28.0. The number of rotatable bonds is 3.